The molecule has 1 unspecified atom stereocenters. The molecule has 0 bridgehead atoms. The third kappa shape index (κ3) is 4.84. The van der Waals surface area contributed by atoms with Gasteiger partial charge in [0.05, 0.1) is 18.4 Å². The molecule has 0 heterocycles. The highest BCUT2D eigenvalue weighted by Gasteiger charge is 2.26. The van der Waals surface area contributed by atoms with Crippen molar-refractivity contribution in [2.75, 3.05) is 19.0 Å². The topological polar surface area (TPSA) is 90.6 Å². The predicted octanol–water partition coefficient (Wildman–Crippen LogP) is 1.05. The van der Waals surface area contributed by atoms with Gasteiger partial charge in [-0.05, 0) is 6.92 Å². The Balaban J connectivity index is 4.47. The average molecular weight is 249 g/mol. The van der Waals surface area contributed by atoms with Gasteiger partial charge < -0.3 is 9.84 Å². The van der Waals surface area contributed by atoms with Crippen LogP contribution < -0.4 is 0 Å². The smallest absolute Gasteiger partial charge is 0.410 e. The van der Waals surface area contributed by atoms with Crippen LogP contribution in [0, 0.1) is 11.3 Å². The van der Waals surface area contributed by atoms with Crippen molar-refractivity contribution in [3.8, 4) is 6.07 Å². The van der Waals surface area contributed by atoms with E-state index in [2.05, 4.69) is 0 Å². The van der Waals surface area contributed by atoms with Crippen LogP contribution >= 0.6 is 11.6 Å². The highest BCUT2D eigenvalue weighted by molar-refractivity contribution is 6.18. The number of nitriles is 1. The number of carbonyl (C=O) groups is 2. The highest BCUT2D eigenvalue weighted by Crippen LogP contribution is 2.04. The minimum Gasteiger partial charge on any atom is -0.480 e. The van der Waals surface area contributed by atoms with Gasteiger partial charge in [-0.15, -0.1) is 11.6 Å². The second kappa shape index (κ2) is 7.77. The Morgan fingerprint density at radius 2 is 2.25 bits per heavy atom. The van der Waals surface area contributed by atoms with Crippen LogP contribution in [0.1, 0.15) is 13.3 Å². The minimum absolute atomic E-state index is 0.00970. The molecule has 16 heavy (non-hydrogen) atoms. The predicted molar refractivity (Wildman–Crippen MR) is 56.1 cm³/mol. The van der Waals surface area contributed by atoms with Gasteiger partial charge in [-0.1, -0.05) is 0 Å². The van der Waals surface area contributed by atoms with Crippen molar-refractivity contribution < 1.29 is 19.4 Å². The van der Waals surface area contributed by atoms with Gasteiger partial charge in [-0.2, -0.15) is 5.26 Å². The number of aliphatic carboxylic acids is 1. The molecule has 0 saturated carbocycles. The van der Waals surface area contributed by atoms with E-state index in [1.807, 2.05) is 6.07 Å². The van der Waals surface area contributed by atoms with Crippen molar-refractivity contribution in [2.24, 2.45) is 0 Å². The zero-order chi connectivity index (χ0) is 12.6. The lowest BCUT2D eigenvalue weighted by atomic mass is 10.3. The molecule has 6 nitrogen and oxygen atoms in total. The fraction of sp³-hybridized carbons (Fsp3) is 0.667. The molecule has 0 aliphatic carbocycles. The first-order valence-corrected chi connectivity index (χ1v) is 5.17. The molecule has 0 aromatic carbocycles. The summed E-state index contributed by atoms with van der Waals surface area (Å²) in [6, 6.07) is 0.803. The average Bonchev–Trinajstić information content (AvgIpc) is 2.26. The number of nitrogens with zero attached hydrogens (tertiary/aromatic N) is 2. The third-order valence-corrected chi connectivity index (χ3v) is 1.98. The molecule has 1 amide bonds. The van der Waals surface area contributed by atoms with Crippen LogP contribution in [0.3, 0.4) is 0 Å². The molecule has 0 aromatic rings. The molecule has 1 N–H and O–H groups in total. The van der Waals surface area contributed by atoms with E-state index >= 15 is 0 Å². The summed E-state index contributed by atoms with van der Waals surface area (Å²) < 4.78 is 4.70. The molecular formula is C9H13ClN2O4. The lowest BCUT2D eigenvalue weighted by Crippen LogP contribution is -2.44. The third-order valence-electron chi connectivity index (χ3n) is 1.83. The summed E-state index contributed by atoms with van der Waals surface area (Å²) in [7, 11) is 0. The lowest BCUT2D eigenvalue weighted by Gasteiger charge is -2.24. The van der Waals surface area contributed by atoms with Gasteiger partial charge in [0.25, 0.3) is 0 Å². The van der Waals surface area contributed by atoms with Gasteiger partial charge in [0.2, 0.25) is 0 Å². The quantitative estimate of drug-likeness (QED) is 0.710. The number of carbonyl (C=O) groups excluding carboxylic acids is 1. The second-order valence-electron chi connectivity index (χ2n) is 2.92. The van der Waals surface area contributed by atoms with Gasteiger partial charge >= 0.3 is 12.1 Å². The molecule has 0 radical (unpaired) electrons. The van der Waals surface area contributed by atoms with Crippen LogP contribution in [0.5, 0.6) is 0 Å². The summed E-state index contributed by atoms with van der Waals surface area (Å²) in [5, 5.41) is 17.2. The number of halogens is 1. The molecule has 7 heteroatoms. The fourth-order valence-electron chi connectivity index (χ4n) is 0.956. The Kier molecular flexibility index (Phi) is 7.05. The molecule has 0 fully saturated rings. The van der Waals surface area contributed by atoms with Crippen molar-refractivity contribution in [3.05, 3.63) is 0 Å². The van der Waals surface area contributed by atoms with Crippen LogP contribution in [-0.2, 0) is 9.53 Å². The van der Waals surface area contributed by atoms with E-state index in [0.29, 0.717) is 0 Å². The normalized spacial score (nSPS) is 11.3. The summed E-state index contributed by atoms with van der Waals surface area (Å²) in [4.78, 5) is 23.1. The number of rotatable bonds is 6. The zero-order valence-electron chi connectivity index (χ0n) is 8.85. The van der Waals surface area contributed by atoms with E-state index < -0.39 is 18.1 Å². The highest BCUT2D eigenvalue weighted by atomic mass is 35.5. The molecule has 90 valence electrons. The summed E-state index contributed by atoms with van der Waals surface area (Å²) in [5.41, 5.74) is 0. The number of amides is 1. The van der Waals surface area contributed by atoms with Crippen molar-refractivity contribution >= 4 is 23.7 Å². The van der Waals surface area contributed by atoms with Gasteiger partial charge in [0.15, 0.2) is 0 Å². The maximum atomic E-state index is 11.4. The Morgan fingerprint density at radius 3 is 2.69 bits per heavy atom. The van der Waals surface area contributed by atoms with Crippen LogP contribution in [0.4, 0.5) is 4.79 Å². The number of ether oxygens (including phenoxy) is 1. The van der Waals surface area contributed by atoms with Crippen LogP contribution in [-0.4, -0.2) is 47.1 Å². The van der Waals surface area contributed by atoms with E-state index in [4.69, 9.17) is 26.7 Å². The summed E-state index contributed by atoms with van der Waals surface area (Å²) in [6.07, 6.45) is -0.723. The van der Waals surface area contributed by atoms with E-state index in [-0.39, 0.29) is 25.5 Å². The molecule has 1 atom stereocenters. The first kappa shape index (κ1) is 14.5. The number of hydrogen-bond donors (Lipinski definition) is 1. The SMILES string of the molecule is CC(C(=O)O)N(CCC#N)C(=O)OCCCl. The van der Waals surface area contributed by atoms with Gasteiger partial charge in [0.1, 0.15) is 12.6 Å². The molecule has 0 saturated heterocycles. The summed E-state index contributed by atoms with van der Waals surface area (Å²) in [6.45, 7) is 1.38. The largest absolute Gasteiger partial charge is 0.480 e. The van der Waals surface area contributed by atoms with Crippen molar-refractivity contribution in [3.63, 3.8) is 0 Å². The number of hydrogen-bond acceptors (Lipinski definition) is 4. The van der Waals surface area contributed by atoms with Gasteiger partial charge in [0, 0.05) is 6.54 Å². The maximum absolute atomic E-state index is 11.4. The number of alkyl halides is 1. The molecule has 0 aliphatic heterocycles. The van der Waals surface area contributed by atoms with Gasteiger partial charge in [-0.25, -0.2) is 9.59 Å². The van der Waals surface area contributed by atoms with E-state index in [1.165, 1.54) is 6.92 Å². The Morgan fingerprint density at radius 1 is 1.62 bits per heavy atom. The number of carboxylic acid groups (broad SMARTS) is 1. The Bertz CT molecular complexity index is 290. The fourth-order valence-corrected chi connectivity index (χ4v) is 1.03. The van der Waals surface area contributed by atoms with Crippen LogP contribution in [0.25, 0.3) is 0 Å². The summed E-state index contributed by atoms with van der Waals surface area (Å²) >= 11 is 5.33. The Labute approximate surface area is 98.3 Å². The zero-order valence-corrected chi connectivity index (χ0v) is 9.61. The van der Waals surface area contributed by atoms with Gasteiger partial charge in [-0.3, -0.25) is 4.90 Å². The van der Waals surface area contributed by atoms with Crippen molar-refractivity contribution in [1.29, 1.82) is 5.26 Å². The van der Waals surface area contributed by atoms with Crippen LogP contribution in [0.15, 0.2) is 0 Å². The van der Waals surface area contributed by atoms with Crippen LogP contribution in [0.2, 0.25) is 0 Å². The molecule has 0 rings (SSSR count). The molecule has 0 spiro atoms. The lowest BCUT2D eigenvalue weighted by molar-refractivity contribution is -0.142. The minimum atomic E-state index is -1.15. The van der Waals surface area contributed by atoms with E-state index in [1.54, 1.807) is 0 Å². The van der Waals surface area contributed by atoms with Crippen molar-refractivity contribution in [2.45, 2.75) is 19.4 Å². The first-order chi connectivity index (χ1) is 7.54. The van der Waals surface area contributed by atoms with E-state index in [9.17, 15) is 9.59 Å². The Hall–Kier alpha value is -1.48. The van der Waals surface area contributed by atoms with Crippen molar-refractivity contribution in [1.82, 2.24) is 4.90 Å². The molecular weight excluding hydrogens is 236 g/mol. The summed E-state index contributed by atoms with van der Waals surface area (Å²) in [5.74, 6) is -1.01. The molecule has 0 aromatic heterocycles. The number of carboxylic acids is 1. The second-order valence-corrected chi connectivity index (χ2v) is 3.30. The van der Waals surface area contributed by atoms with E-state index in [0.717, 1.165) is 4.90 Å². The standard InChI is InChI=1S/C9H13ClN2O4/c1-7(8(13)14)12(5-2-4-11)9(15)16-6-3-10/h7H,2-3,5-6H2,1H3,(H,13,14). The monoisotopic (exact) mass is 248 g/mol. The molecule has 0 aliphatic rings. The maximum Gasteiger partial charge on any atom is 0.410 e. The first-order valence-electron chi connectivity index (χ1n) is 4.63.